The molecular weight excluding hydrogens is 346 g/mol. The Balaban J connectivity index is 1.68. The van der Waals surface area contributed by atoms with Crippen LogP contribution < -0.4 is 20.3 Å². The summed E-state index contributed by atoms with van der Waals surface area (Å²) in [6, 6.07) is 12.1. The van der Waals surface area contributed by atoms with Crippen molar-refractivity contribution < 1.29 is 19.1 Å². The molecule has 3 rings (SSSR count). The van der Waals surface area contributed by atoms with E-state index in [0.717, 1.165) is 10.9 Å². The van der Waals surface area contributed by atoms with E-state index in [1.165, 1.54) is 13.2 Å². The molecule has 2 aromatic carbocycles. The molecule has 0 radical (unpaired) electrons. The Hall–Kier alpha value is -3.74. The largest absolute Gasteiger partial charge is 0.493 e. The molecule has 0 aliphatic carbocycles. The monoisotopic (exact) mass is 365 g/mol. The fourth-order valence-corrected chi connectivity index (χ4v) is 2.59. The molecule has 27 heavy (non-hydrogen) atoms. The van der Waals surface area contributed by atoms with Crippen LogP contribution in [0.5, 0.6) is 11.5 Å². The van der Waals surface area contributed by atoms with E-state index in [2.05, 4.69) is 22.4 Å². The summed E-state index contributed by atoms with van der Waals surface area (Å²) in [5.74, 6) is 0.0136. The predicted molar refractivity (Wildman–Crippen MR) is 102 cm³/mol. The van der Waals surface area contributed by atoms with Gasteiger partial charge in [0.25, 0.3) is 11.8 Å². The summed E-state index contributed by atoms with van der Waals surface area (Å²) in [7, 11) is 1.48. The molecule has 0 bridgehead atoms. The third kappa shape index (κ3) is 3.92. The van der Waals surface area contributed by atoms with Gasteiger partial charge in [0, 0.05) is 22.7 Å². The molecule has 7 heteroatoms. The van der Waals surface area contributed by atoms with Crippen LogP contribution in [0.15, 0.2) is 61.3 Å². The first-order valence-corrected chi connectivity index (χ1v) is 8.22. The van der Waals surface area contributed by atoms with Crippen molar-refractivity contribution in [1.82, 2.24) is 15.8 Å². The number of amides is 2. The lowest BCUT2D eigenvalue weighted by Crippen LogP contribution is -2.41. The third-order valence-corrected chi connectivity index (χ3v) is 3.91. The number of nitrogens with one attached hydrogen (secondary N) is 3. The molecule has 0 atom stereocenters. The second-order valence-corrected chi connectivity index (χ2v) is 5.62. The van der Waals surface area contributed by atoms with E-state index < -0.39 is 11.8 Å². The van der Waals surface area contributed by atoms with E-state index in [1.807, 2.05) is 24.3 Å². The SMILES string of the molecule is C=CCOc1ccc(C(=O)NNC(=O)c2c[nH]c3ccccc23)cc1OC. The molecule has 7 nitrogen and oxygen atoms in total. The maximum absolute atomic E-state index is 12.4. The van der Waals surface area contributed by atoms with Gasteiger partial charge in [-0.05, 0) is 24.3 Å². The minimum absolute atomic E-state index is 0.317. The summed E-state index contributed by atoms with van der Waals surface area (Å²) >= 11 is 0. The van der Waals surface area contributed by atoms with Crippen molar-refractivity contribution in [3.05, 3.63) is 72.4 Å². The molecule has 138 valence electrons. The molecule has 0 aliphatic heterocycles. The zero-order valence-electron chi connectivity index (χ0n) is 14.7. The third-order valence-electron chi connectivity index (χ3n) is 3.91. The fourth-order valence-electron chi connectivity index (χ4n) is 2.59. The number of rotatable bonds is 6. The average molecular weight is 365 g/mol. The van der Waals surface area contributed by atoms with Crippen molar-refractivity contribution in [2.45, 2.75) is 0 Å². The highest BCUT2D eigenvalue weighted by atomic mass is 16.5. The normalized spacial score (nSPS) is 10.3. The van der Waals surface area contributed by atoms with Crippen LogP contribution in [0.2, 0.25) is 0 Å². The molecule has 1 heterocycles. The number of carbonyl (C=O) groups excluding carboxylic acids is 2. The summed E-state index contributed by atoms with van der Waals surface area (Å²) in [6.45, 7) is 3.91. The zero-order valence-corrected chi connectivity index (χ0v) is 14.7. The highest BCUT2D eigenvalue weighted by Crippen LogP contribution is 2.28. The first kappa shape index (κ1) is 18.1. The number of fused-ring (bicyclic) bond motifs is 1. The Kier molecular flexibility index (Phi) is 5.41. The summed E-state index contributed by atoms with van der Waals surface area (Å²) in [4.78, 5) is 27.7. The van der Waals surface area contributed by atoms with Crippen molar-refractivity contribution in [3.63, 3.8) is 0 Å². The quantitative estimate of drug-likeness (QED) is 0.463. The molecule has 3 aromatic rings. The van der Waals surface area contributed by atoms with Crippen molar-refractivity contribution in [1.29, 1.82) is 0 Å². The Morgan fingerprint density at radius 1 is 1.11 bits per heavy atom. The highest BCUT2D eigenvalue weighted by molar-refractivity contribution is 6.07. The number of ether oxygens (including phenoxy) is 2. The number of para-hydroxylation sites is 1. The zero-order chi connectivity index (χ0) is 19.2. The first-order valence-electron chi connectivity index (χ1n) is 8.22. The van der Waals surface area contributed by atoms with Crippen LogP contribution in [0.25, 0.3) is 10.9 Å². The van der Waals surface area contributed by atoms with Crippen molar-refractivity contribution >= 4 is 22.7 Å². The number of carbonyl (C=O) groups is 2. The topological polar surface area (TPSA) is 92.5 Å². The van der Waals surface area contributed by atoms with Gasteiger partial charge in [0.2, 0.25) is 0 Å². The number of aromatic amines is 1. The van der Waals surface area contributed by atoms with E-state index in [9.17, 15) is 9.59 Å². The Morgan fingerprint density at radius 3 is 2.67 bits per heavy atom. The van der Waals surface area contributed by atoms with Crippen LogP contribution in [0, 0.1) is 0 Å². The Bertz CT molecular complexity index is 994. The lowest BCUT2D eigenvalue weighted by molar-refractivity contribution is 0.0847. The van der Waals surface area contributed by atoms with Crippen LogP contribution in [0.4, 0.5) is 0 Å². The second-order valence-electron chi connectivity index (χ2n) is 5.62. The maximum atomic E-state index is 12.4. The summed E-state index contributed by atoms with van der Waals surface area (Å²) in [5.41, 5.74) is 6.42. The number of hydrogen-bond donors (Lipinski definition) is 3. The summed E-state index contributed by atoms with van der Waals surface area (Å²) in [6.07, 6.45) is 3.21. The predicted octanol–water partition coefficient (Wildman–Crippen LogP) is 2.82. The van der Waals surface area contributed by atoms with Crippen LogP contribution in [-0.2, 0) is 0 Å². The van der Waals surface area contributed by atoms with E-state index in [0.29, 0.717) is 29.2 Å². The number of benzene rings is 2. The van der Waals surface area contributed by atoms with Gasteiger partial charge in [-0.2, -0.15) is 0 Å². The Morgan fingerprint density at radius 2 is 1.89 bits per heavy atom. The van der Waals surface area contributed by atoms with Gasteiger partial charge >= 0.3 is 0 Å². The van der Waals surface area contributed by atoms with Gasteiger partial charge in [-0.25, -0.2) is 0 Å². The second kappa shape index (κ2) is 8.09. The standard InChI is InChI=1S/C20H19N3O4/c1-3-10-27-17-9-8-13(11-18(17)26-2)19(24)22-23-20(25)15-12-21-16-7-5-4-6-14(15)16/h3-9,11-12,21H,1,10H2,2H3,(H,22,24)(H,23,25). The summed E-state index contributed by atoms with van der Waals surface area (Å²) < 4.78 is 10.7. The Labute approximate surface area is 155 Å². The molecule has 0 unspecified atom stereocenters. The van der Waals surface area contributed by atoms with Gasteiger partial charge < -0.3 is 14.5 Å². The fraction of sp³-hybridized carbons (Fsp3) is 0.100. The van der Waals surface area contributed by atoms with Crippen LogP contribution in [0.1, 0.15) is 20.7 Å². The van der Waals surface area contributed by atoms with Gasteiger partial charge in [0.05, 0.1) is 12.7 Å². The highest BCUT2D eigenvalue weighted by Gasteiger charge is 2.14. The number of hydrazine groups is 1. The van der Waals surface area contributed by atoms with Gasteiger partial charge in [-0.15, -0.1) is 0 Å². The van der Waals surface area contributed by atoms with E-state index in [1.54, 1.807) is 24.4 Å². The molecule has 0 spiro atoms. The van der Waals surface area contributed by atoms with Gasteiger partial charge in [0.1, 0.15) is 6.61 Å². The first-order chi connectivity index (χ1) is 13.1. The van der Waals surface area contributed by atoms with Gasteiger partial charge in [0.15, 0.2) is 11.5 Å². The maximum Gasteiger partial charge on any atom is 0.271 e. The molecule has 0 aliphatic rings. The minimum atomic E-state index is -0.475. The lowest BCUT2D eigenvalue weighted by Gasteiger charge is -2.11. The van der Waals surface area contributed by atoms with Crippen molar-refractivity contribution in [2.24, 2.45) is 0 Å². The average Bonchev–Trinajstić information content (AvgIpc) is 3.14. The molecule has 3 N–H and O–H groups in total. The molecule has 0 saturated heterocycles. The van der Waals surface area contributed by atoms with Crippen molar-refractivity contribution in [3.8, 4) is 11.5 Å². The molecule has 1 aromatic heterocycles. The summed E-state index contributed by atoms with van der Waals surface area (Å²) in [5, 5.41) is 0.773. The van der Waals surface area contributed by atoms with Gasteiger partial charge in [-0.1, -0.05) is 30.9 Å². The molecular formula is C20H19N3O4. The van der Waals surface area contributed by atoms with Crippen LogP contribution >= 0.6 is 0 Å². The minimum Gasteiger partial charge on any atom is -0.493 e. The molecule has 0 saturated carbocycles. The molecule has 0 fully saturated rings. The van der Waals surface area contributed by atoms with Crippen LogP contribution in [0.3, 0.4) is 0 Å². The van der Waals surface area contributed by atoms with Crippen LogP contribution in [-0.4, -0.2) is 30.5 Å². The van der Waals surface area contributed by atoms with Gasteiger partial charge in [-0.3, -0.25) is 20.4 Å². The van der Waals surface area contributed by atoms with Crippen molar-refractivity contribution in [2.75, 3.05) is 13.7 Å². The number of H-pyrrole nitrogens is 1. The smallest absolute Gasteiger partial charge is 0.271 e. The molecule has 2 amide bonds. The number of hydrogen-bond acceptors (Lipinski definition) is 4. The van der Waals surface area contributed by atoms with E-state index >= 15 is 0 Å². The van der Waals surface area contributed by atoms with E-state index in [-0.39, 0.29) is 0 Å². The van der Waals surface area contributed by atoms with E-state index in [4.69, 9.17) is 9.47 Å². The lowest BCUT2D eigenvalue weighted by atomic mass is 10.1. The number of aromatic nitrogens is 1. The number of methoxy groups -OCH3 is 1.